The molecule has 4 aromatic rings. The average Bonchev–Trinajstić information content (AvgIpc) is 3.03. The molecule has 0 spiro atoms. The van der Waals surface area contributed by atoms with Crippen molar-refractivity contribution in [2.45, 2.75) is 6.54 Å². The maximum absolute atomic E-state index is 12.7. The van der Waals surface area contributed by atoms with Crippen LogP contribution in [0.15, 0.2) is 60.1 Å². The van der Waals surface area contributed by atoms with E-state index in [1.807, 2.05) is 36.4 Å². The van der Waals surface area contributed by atoms with E-state index in [4.69, 9.17) is 0 Å². The van der Waals surface area contributed by atoms with Gasteiger partial charge < -0.3 is 4.90 Å². The molecule has 5 heteroatoms. The van der Waals surface area contributed by atoms with Crippen molar-refractivity contribution in [2.24, 2.45) is 0 Å². The molecule has 0 fully saturated rings. The van der Waals surface area contributed by atoms with Crippen LogP contribution in [0.5, 0.6) is 0 Å². The smallest absolute Gasteiger partial charge is 0.274 e. The summed E-state index contributed by atoms with van der Waals surface area (Å²) in [6.45, 7) is 0.553. The highest BCUT2D eigenvalue weighted by Gasteiger charge is 2.16. The number of carbonyl (C=O) groups is 1. The highest BCUT2D eigenvalue weighted by atomic mass is 32.1. The lowest BCUT2D eigenvalue weighted by atomic mass is 10.1. The third kappa shape index (κ3) is 2.63. The summed E-state index contributed by atoms with van der Waals surface area (Å²) in [6.07, 6.45) is 1.55. The Balaban J connectivity index is 1.61. The Morgan fingerprint density at radius 3 is 2.71 bits per heavy atom. The predicted octanol–water partition coefficient (Wildman–Crippen LogP) is 4.12. The molecule has 0 aliphatic rings. The Labute approximate surface area is 143 Å². The van der Waals surface area contributed by atoms with Crippen LogP contribution in [0.2, 0.25) is 0 Å². The number of nitrogens with zero attached hydrogens (tertiary/aromatic N) is 3. The minimum atomic E-state index is -0.122. The zero-order chi connectivity index (χ0) is 16.5. The average molecular weight is 333 g/mol. The number of fused-ring (bicyclic) bond motifs is 2. The van der Waals surface area contributed by atoms with Gasteiger partial charge in [-0.1, -0.05) is 30.3 Å². The molecule has 0 N–H and O–H groups in total. The molecule has 118 valence electrons. The van der Waals surface area contributed by atoms with Crippen molar-refractivity contribution in [1.82, 2.24) is 14.9 Å². The quantitative estimate of drug-likeness (QED) is 0.567. The minimum Gasteiger partial charge on any atom is -0.336 e. The topological polar surface area (TPSA) is 46.1 Å². The molecular weight excluding hydrogens is 318 g/mol. The fourth-order valence-electron chi connectivity index (χ4n) is 2.74. The molecule has 0 saturated heterocycles. The van der Waals surface area contributed by atoms with Crippen molar-refractivity contribution in [3.05, 3.63) is 71.4 Å². The number of amides is 1. The van der Waals surface area contributed by atoms with Crippen LogP contribution in [0.1, 0.15) is 16.1 Å². The van der Waals surface area contributed by atoms with Gasteiger partial charge in [-0.15, -0.1) is 11.3 Å². The largest absolute Gasteiger partial charge is 0.336 e. The maximum Gasteiger partial charge on any atom is 0.274 e. The number of hydrogen-bond acceptors (Lipinski definition) is 4. The fourth-order valence-corrected chi connectivity index (χ4v) is 3.69. The second-order valence-electron chi connectivity index (χ2n) is 5.66. The Kier molecular flexibility index (Phi) is 3.70. The second kappa shape index (κ2) is 6.02. The normalized spacial score (nSPS) is 11.0. The van der Waals surface area contributed by atoms with E-state index in [2.05, 4.69) is 27.5 Å². The van der Waals surface area contributed by atoms with E-state index in [1.165, 1.54) is 10.1 Å². The van der Waals surface area contributed by atoms with Crippen molar-refractivity contribution in [1.29, 1.82) is 0 Å². The lowest BCUT2D eigenvalue weighted by Gasteiger charge is -2.16. The zero-order valence-electron chi connectivity index (χ0n) is 13.1. The number of benzene rings is 2. The highest BCUT2D eigenvalue weighted by molar-refractivity contribution is 7.17. The summed E-state index contributed by atoms with van der Waals surface area (Å²) in [5.74, 6) is -0.122. The van der Waals surface area contributed by atoms with E-state index in [1.54, 1.807) is 29.5 Å². The molecular formula is C19H15N3OS. The van der Waals surface area contributed by atoms with Gasteiger partial charge in [0.1, 0.15) is 5.69 Å². The van der Waals surface area contributed by atoms with Gasteiger partial charge in [0.15, 0.2) is 0 Å². The van der Waals surface area contributed by atoms with Gasteiger partial charge in [-0.2, -0.15) is 0 Å². The molecule has 2 aromatic heterocycles. The standard InChI is InChI=1S/C19H15N3OS/c1-22(11-13-12-24-18-9-5-2-6-14(13)18)19(23)17-10-20-15-7-3-4-8-16(15)21-17/h2-10,12H,11H2,1H3. The first-order valence-corrected chi connectivity index (χ1v) is 8.53. The monoisotopic (exact) mass is 333 g/mol. The third-order valence-corrected chi connectivity index (χ3v) is 5.00. The van der Waals surface area contributed by atoms with Gasteiger partial charge in [-0.25, -0.2) is 4.98 Å². The Hall–Kier alpha value is -2.79. The third-order valence-electron chi connectivity index (χ3n) is 3.98. The zero-order valence-corrected chi connectivity index (χ0v) is 14.0. The molecule has 4 nitrogen and oxygen atoms in total. The summed E-state index contributed by atoms with van der Waals surface area (Å²) >= 11 is 1.70. The van der Waals surface area contributed by atoms with Crippen LogP contribution in [0.25, 0.3) is 21.1 Å². The number of aromatic nitrogens is 2. The van der Waals surface area contributed by atoms with Crippen LogP contribution in [0, 0.1) is 0 Å². The number of carbonyl (C=O) groups excluding carboxylic acids is 1. The van der Waals surface area contributed by atoms with E-state index >= 15 is 0 Å². The second-order valence-corrected chi connectivity index (χ2v) is 6.57. The van der Waals surface area contributed by atoms with Gasteiger partial charge in [0.05, 0.1) is 17.2 Å². The Bertz CT molecular complexity index is 1040. The van der Waals surface area contributed by atoms with E-state index in [0.29, 0.717) is 12.2 Å². The molecule has 0 saturated carbocycles. The van der Waals surface area contributed by atoms with Crippen molar-refractivity contribution >= 4 is 38.4 Å². The van der Waals surface area contributed by atoms with Gasteiger partial charge in [-0.3, -0.25) is 9.78 Å². The van der Waals surface area contributed by atoms with Gasteiger partial charge in [0, 0.05) is 18.3 Å². The molecule has 0 radical (unpaired) electrons. The number of rotatable bonds is 3. The van der Waals surface area contributed by atoms with Crippen LogP contribution < -0.4 is 0 Å². The highest BCUT2D eigenvalue weighted by Crippen LogP contribution is 2.26. The molecule has 0 unspecified atom stereocenters. The lowest BCUT2D eigenvalue weighted by molar-refractivity contribution is 0.0780. The Morgan fingerprint density at radius 1 is 1.08 bits per heavy atom. The summed E-state index contributed by atoms with van der Waals surface area (Å²) < 4.78 is 1.24. The molecule has 2 heterocycles. The van der Waals surface area contributed by atoms with E-state index < -0.39 is 0 Å². The SMILES string of the molecule is CN(Cc1csc2ccccc12)C(=O)c1cnc2ccccc2n1. The van der Waals surface area contributed by atoms with Gasteiger partial charge >= 0.3 is 0 Å². The van der Waals surface area contributed by atoms with Gasteiger partial charge in [0.25, 0.3) is 5.91 Å². The molecule has 2 aromatic carbocycles. The Morgan fingerprint density at radius 2 is 1.83 bits per heavy atom. The van der Waals surface area contributed by atoms with E-state index in [0.717, 1.165) is 16.6 Å². The van der Waals surface area contributed by atoms with E-state index in [-0.39, 0.29) is 5.91 Å². The van der Waals surface area contributed by atoms with Crippen molar-refractivity contribution in [3.63, 3.8) is 0 Å². The molecule has 0 bridgehead atoms. The van der Waals surface area contributed by atoms with Crippen LogP contribution in [0.3, 0.4) is 0 Å². The van der Waals surface area contributed by atoms with Crippen LogP contribution in [-0.4, -0.2) is 27.8 Å². The molecule has 24 heavy (non-hydrogen) atoms. The first-order valence-electron chi connectivity index (χ1n) is 7.65. The van der Waals surface area contributed by atoms with Crippen LogP contribution in [0.4, 0.5) is 0 Å². The first kappa shape index (κ1) is 14.8. The number of para-hydroxylation sites is 2. The molecule has 0 aliphatic carbocycles. The van der Waals surface area contributed by atoms with Gasteiger partial charge in [0.2, 0.25) is 0 Å². The molecule has 4 rings (SSSR count). The van der Waals surface area contributed by atoms with E-state index in [9.17, 15) is 4.79 Å². The summed E-state index contributed by atoms with van der Waals surface area (Å²) in [5.41, 5.74) is 3.05. The summed E-state index contributed by atoms with van der Waals surface area (Å²) in [4.78, 5) is 23.1. The molecule has 0 atom stereocenters. The fraction of sp³-hybridized carbons (Fsp3) is 0.105. The maximum atomic E-state index is 12.7. The summed E-state index contributed by atoms with van der Waals surface area (Å²) in [7, 11) is 1.80. The number of thiophene rings is 1. The number of hydrogen-bond donors (Lipinski definition) is 0. The summed E-state index contributed by atoms with van der Waals surface area (Å²) in [6, 6.07) is 15.8. The predicted molar refractivity (Wildman–Crippen MR) is 97.2 cm³/mol. The van der Waals surface area contributed by atoms with Gasteiger partial charge in [-0.05, 0) is 34.5 Å². The van der Waals surface area contributed by atoms with Crippen molar-refractivity contribution in [3.8, 4) is 0 Å². The lowest BCUT2D eigenvalue weighted by Crippen LogP contribution is -2.27. The first-order chi connectivity index (χ1) is 11.7. The minimum absolute atomic E-state index is 0.122. The van der Waals surface area contributed by atoms with Crippen LogP contribution >= 0.6 is 11.3 Å². The molecule has 0 aliphatic heterocycles. The van der Waals surface area contributed by atoms with Crippen molar-refractivity contribution in [2.75, 3.05) is 7.05 Å². The summed E-state index contributed by atoms with van der Waals surface area (Å²) in [5, 5.41) is 3.31. The molecule has 1 amide bonds. The van der Waals surface area contributed by atoms with Crippen LogP contribution in [-0.2, 0) is 6.54 Å². The van der Waals surface area contributed by atoms with Crippen molar-refractivity contribution < 1.29 is 4.79 Å².